The van der Waals surface area contributed by atoms with Gasteiger partial charge in [-0.15, -0.1) is 0 Å². The Morgan fingerprint density at radius 2 is 1.71 bits per heavy atom. The van der Waals surface area contributed by atoms with Crippen molar-refractivity contribution in [2.24, 2.45) is 34.5 Å². The van der Waals surface area contributed by atoms with Gasteiger partial charge in [-0.2, -0.15) is 0 Å². The van der Waals surface area contributed by atoms with Crippen LogP contribution in [0.5, 0.6) is 0 Å². The predicted molar refractivity (Wildman–Crippen MR) is 82.7 cm³/mol. The summed E-state index contributed by atoms with van der Waals surface area (Å²) in [6.07, 6.45) is 10.1. The van der Waals surface area contributed by atoms with Crippen molar-refractivity contribution in [3.8, 4) is 0 Å². The third kappa shape index (κ3) is 1.84. The fourth-order valence-electron chi connectivity index (χ4n) is 7.11. The van der Waals surface area contributed by atoms with E-state index in [1.807, 2.05) is 0 Å². The minimum Gasteiger partial charge on any atom is -0.393 e. The summed E-state index contributed by atoms with van der Waals surface area (Å²) in [7, 11) is 0. The van der Waals surface area contributed by atoms with E-state index in [9.17, 15) is 9.90 Å². The lowest BCUT2D eigenvalue weighted by molar-refractivity contribution is -0.144. The lowest BCUT2D eigenvalue weighted by atomic mass is 9.45. The molecule has 0 spiro atoms. The molecular weight excluding hydrogens is 260 g/mol. The number of fused-ring (bicyclic) bond motifs is 5. The molecule has 0 aliphatic heterocycles. The van der Waals surface area contributed by atoms with E-state index in [-0.39, 0.29) is 16.9 Å². The molecule has 4 aliphatic rings. The summed E-state index contributed by atoms with van der Waals surface area (Å²) >= 11 is 0. The molecule has 21 heavy (non-hydrogen) atoms. The maximum absolute atomic E-state index is 12.1. The van der Waals surface area contributed by atoms with Gasteiger partial charge in [-0.25, -0.2) is 0 Å². The second-order valence-corrected chi connectivity index (χ2v) is 9.05. The van der Waals surface area contributed by atoms with Gasteiger partial charge in [0.1, 0.15) is 5.78 Å². The number of hydrogen-bond acceptors (Lipinski definition) is 2. The molecule has 4 rings (SSSR count). The molecule has 0 aromatic heterocycles. The first-order valence-electron chi connectivity index (χ1n) is 9.15. The quantitative estimate of drug-likeness (QED) is 0.733. The molecule has 0 saturated heterocycles. The smallest absolute Gasteiger partial charge is 0.133 e. The summed E-state index contributed by atoms with van der Waals surface area (Å²) in [5.41, 5.74) is 0.441. The Bertz CT molecular complexity index is 458. The predicted octanol–water partition coefficient (Wildman–Crippen LogP) is 3.96. The Balaban J connectivity index is 1.66. The van der Waals surface area contributed by atoms with E-state index in [0.29, 0.717) is 11.7 Å². The van der Waals surface area contributed by atoms with E-state index >= 15 is 0 Å². The van der Waals surface area contributed by atoms with Crippen LogP contribution in [-0.4, -0.2) is 17.0 Å². The molecule has 1 N–H and O–H groups in total. The van der Waals surface area contributed by atoms with Gasteiger partial charge in [-0.05, 0) is 79.4 Å². The van der Waals surface area contributed by atoms with Crippen LogP contribution < -0.4 is 0 Å². The number of Topliss-reactive ketones (excluding diaryl/α,β-unsaturated/α-hetero) is 1. The largest absolute Gasteiger partial charge is 0.393 e. The van der Waals surface area contributed by atoms with Gasteiger partial charge in [0.15, 0.2) is 0 Å². The van der Waals surface area contributed by atoms with E-state index < -0.39 is 0 Å². The third-order valence-corrected chi connectivity index (χ3v) is 8.36. The molecule has 0 heterocycles. The fourth-order valence-corrected chi connectivity index (χ4v) is 7.11. The average Bonchev–Trinajstić information content (AvgIpc) is 2.74. The Labute approximate surface area is 128 Å². The molecule has 0 aromatic rings. The first-order valence-corrected chi connectivity index (χ1v) is 9.15. The molecular formula is C19H30O2. The number of aliphatic hydroxyl groups excluding tert-OH is 1. The molecule has 7 atom stereocenters. The highest BCUT2D eigenvalue weighted by molar-refractivity contribution is 5.80. The van der Waals surface area contributed by atoms with Crippen LogP contribution in [0.3, 0.4) is 0 Å². The van der Waals surface area contributed by atoms with Crippen molar-refractivity contribution in [3.05, 3.63) is 0 Å². The second kappa shape index (κ2) is 4.57. The Morgan fingerprint density at radius 3 is 2.52 bits per heavy atom. The highest BCUT2D eigenvalue weighted by atomic mass is 16.3. The number of hydrogen-bond donors (Lipinski definition) is 1. The van der Waals surface area contributed by atoms with Gasteiger partial charge >= 0.3 is 0 Å². The maximum Gasteiger partial charge on any atom is 0.133 e. The molecule has 2 nitrogen and oxygen atoms in total. The van der Waals surface area contributed by atoms with Crippen LogP contribution in [0.25, 0.3) is 0 Å². The van der Waals surface area contributed by atoms with Crippen LogP contribution in [0.15, 0.2) is 0 Å². The van der Waals surface area contributed by atoms with E-state index in [2.05, 4.69) is 13.8 Å². The van der Waals surface area contributed by atoms with Gasteiger partial charge in [0.25, 0.3) is 0 Å². The minimum absolute atomic E-state index is 0.0815. The van der Waals surface area contributed by atoms with Gasteiger partial charge in [-0.1, -0.05) is 13.8 Å². The summed E-state index contributed by atoms with van der Waals surface area (Å²) in [6, 6.07) is 0. The summed E-state index contributed by atoms with van der Waals surface area (Å²) < 4.78 is 0. The van der Waals surface area contributed by atoms with Crippen LogP contribution in [0.4, 0.5) is 0 Å². The molecule has 4 aliphatic carbocycles. The average molecular weight is 290 g/mol. The van der Waals surface area contributed by atoms with Crippen LogP contribution in [0.2, 0.25) is 0 Å². The maximum atomic E-state index is 12.1. The first kappa shape index (κ1) is 14.2. The molecule has 0 radical (unpaired) electrons. The molecule has 4 saturated carbocycles. The number of aliphatic hydroxyl groups is 1. The fraction of sp³-hybridized carbons (Fsp3) is 0.947. The van der Waals surface area contributed by atoms with Crippen molar-refractivity contribution in [2.75, 3.05) is 0 Å². The number of carbonyl (C=O) groups excluding carboxylic acids is 1. The normalized spacial score (nSPS) is 56.5. The van der Waals surface area contributed by atoms with E-state index in [1.54, 1.807) is 0 Å². The topological polar surface area (TPSA) is 37.3 Å². The number of carbonyl (C=O) groups is 1. The molecule has 118 valence electrons. The first-order chi connectivity index (χ1) is 9.95. The molecule has 4 fully saturated rings. The Hall–Kier alpha value is -0.370. The van der Waals surface area contributed by atoms with Gasteiger partial charge in [0, 0.05) is 12.8 Å². The molecule has 0 unspecified atom stereocenters. The zero-order chi connectivity index (χ0) is 14.8. The highest BCUT2D eigenvalue weighted by Gasteiger charge is 2.60. The summed E-state index contributed by atoms with van der Waals surface area (Å²) in [5.74, 6) is 3.51. The van der Waals surface area contributed by atoms with Crippen molar-refractivity contribution in [3.63, 3.8) is 0 Å². The van der Waals surface area contributed by atoms with Gasteiger partial charge < -0.3 is 5.11 Å². The summed E-state index contributed by atoms with van der Waals surface area (Å²) in [4.78, 5) is 12.1. The number of ketones is 1. The second-order valence-electron chi connectivity index (χ2n) is 9.05. The monoisotopic (exact) mass is 290 g/mol. The van der Waals surface area contributed by atoms with Gasteiger partial charge in [0.05, 0.1) is 6.10 Å². The highest BCUT2D eigenvalue weighted by Crippen LogP contribution is 2.65. The van der Waals surface area contributed by atoms with Crippen molar-refractivity contribution in [1.29, 1.82) is 0 Å². The van der Waals surface area contributed by atoms with Gasteiger partial charge in [-0.3, -0.25) is 4.79 Å². The third-order valence-electron chi connectivity index (χ3n) is 8.36. The molecule has 0 bridgehead atoms. The zero-order valence-corrected chi connectivity index (χ0v) is 13.6. The standard InChI is InChI=1S/C19H30O2/c1-18-10-9-16-14(15(18)7-8-17(18)21)6-4-12-3-5-13(20)11-19(12,16)2/h12,14-17,21H,3-11H2,1-2H3/t12-,14-,15-,16-,17-,18+,19+/m1/s1. The van der Waals surface area contributed by atoms with E-state index in [0.717, 1.165) is 43.4 Å². The number of rotatable bonds is 0. The van der Waals surface area contributed by atoms with Crippen molar-refractivity contribution >= 4 is 5.78 Å². The Morgan fingerprint density at radius 1 is 0.952 bits per heavy atom. The molecule has 0 amide bonds. The SMILES string of the molecule is C[C@]12CC(=O)CC[C@@H]1CC[C@H]1[C@H]2CC[C@]2(C)[C@H](O)CC[C@H]12. The van der Waals surface area contributed by atoms with Crippen molar-refractivity contribution < 1.29 is 9.90 Å². The Kier molecular flexibility index (Phi) is 3.10. The molecule has 2 heteroatoms. The lowest BCUT2D eigenvalue weighted by Crippen LogP contribution is -2.54. The van der Waals surface area contributed by atoms with E-state index in [4.69, 9.17) is 0 Å². The van der Waals surface area contributed by atoms with Crippen LogP contribution >= 0.6 is 0 Å². The van der Waals surface area contributed by atoms with E-state index in [1.165, 1.54) is 32.1 Å². The lowest BCUT2D eigenvalue weighted by Gasteiger charge is -2.59. The molecule has 0 aromatic carbocycles. The van der Waals surface area contributed by atoms with Crippen molar-refractivity contribution in [1.82, 2.24) is 0 Å². The zero-order valence-electron chi connectivity index (χ0n) is 13.6. The summed E-state index contributed by atoms with van der Waals surface area (Å²) in [6.45, 7) is 4.77. The summed E-state index contributed by atoms with van der Waals surface area (Å²) in [5, 5.41) is 10.5. The minimum atomic E-state index is -0.0815. The van der Waals surface area contributed by atoms with Crippen molar-refractivity contribution in [2.45, 2.75) is 77.7 Å². The van der Waals surface area contributed by atoms with Crippen LogP contribution in [-0.2, 0) is 4.79 Å². The van der Waals surface area contributed by atoms with Gasteiger partial charge in [0.2, 0.25) is 0 Å². The van der Waals surface area contributed by atoms with Crippen LogP contribution in [0.1, 0.15) is 71.6 Å². The van der Waals surface area contributed by atoms with Crippen LogP contribution in [0, 0.1) is 34.5 Å².